The van der Waals surface area contributed by atoms with Crippen molar-refractivity contribution in [2.24, 2.45) is 11.8 Å². The molecule has 1 saturated carbocycles. The molecule has 0 N–H and O–H groups in total. The normalized spacial score (nSPS) is 19.7. The molecule has 0 heteroatoms. The maximum absolute atomic E-state index is 3.77. The molecule has 25 heavy (non-hydrogen) atoms. The van der Waals surface area contributed by atoms with Gasteiger partial charge in [-0.15, -0.1) is 0 Å². The lowest BCUT2D eigenvalue weighted by atomic mass is 9.80. The Hall–Kier alpha value is -2.26. The number of rotatable bonds is 4. The first-order valence-corrected chi connectivity index (χ1v) is 9.56. The summed E-state index contributed by atoms with van der Waals surface area (Å²) in [5.41, 5.74) is 4.70. The Bertz CT molecular complexity index is 729. The number of benzene rings is 2. The van der Waals surface area contributed by atoms with Crippen molar-refractivity contribution in [3.63, 3.8) is 0 Å². The van der Waals surface area contributed by atoms with Crippen molar-refractivity contribution >= 4 is 6.08 Å². The summed E-state index contributed by atoms with van der Waals surface area (Å²) < 4.78 is 0. The third-order valence-corrected chi connectivity index (χ3v) is 5.43. The summed E-state index contributed by atoms with van der Waals surface area (Å²) in [6.45, 7) is 6.17. The Kier molecular flexibility index (Phi) is 6.13. The fourth-order valence-electron chi connectivity index (χ4n) is 3.59. The highest BCUT2D eigenvalue weighted by Crippen LogP contribution is 2.31. The highest BCUT2D eigenvalue weighted by molar-refractivity contribution is 5.50. The molecule has 0 radical (unpaired) electrons. The lowest BCUT2D eigenvalue weighted by molar-refractivity contribution is 0.278. The van der Waals surface area contributed by atoms with Gasteiger partial charge in [0, 0.05) is 11.1 Å². The molecule has 0 nitrogen and oxygen atoms in total. The monoisotopic (exact) mass is 328 g/mol. The second-order valence-electron chi connectivity index (χ2n) is 7.44. The average molecular weight is 328 g/mol. The molecular weight excluding hydrogens is 300 g/mol. The van der Waals surface area contributed by atoms with E-state index in [9.17, 15) is 0 Å². The maximum Gasteiger partial charge on any atom is 0.0249 e. The van der Waals surface area contributed by atoms with Crippen molar-refractivity contribution < 1.29 is 0 Å². The molecule has 3 rings (SSSR count). The largest absolute Gasteiger partial charge is 0.0985 e. The molecule has 0 amide bonds. The molecule has 0 saturated heterocycles. The summed E-state index contributed by atoms with van der Waals surface area (Å²) in [7, 11) is 0. The molecule has 0 aromatic heterocycles. The van der Waals surface area contributed by atoms with E-state index in [1.165, 1.54) is 44.1 Å². The zero-order chi connectivity index (χ0) is 17.5. The van der Waals surface area contributed by atoms with Crippen LogP contribution in [0.4, 0.5) is 0 Å². The molecule has 0 unspecified atom stereocenters. The van der Waals surface area contributed by atoms with Gasteiger partial charge in [0.05, 0.1) is 0 Å². The van der Waals surface area contributed by atoms with Gasteiger partial charge in [-0.1, -0.05) is 81.4 Å². The van der Waals surface area contributed by atoms with Gasteiger partial charge in [-0.2, -0.15) is 0 Å². The molecule has 0 heterocycles. The molecule has 0 spiro atoms. The van der Waals surface area contributed by atoms with Crippen LogP contribution in [0.3, 0.4) is 0 Å². The summed E-state index contributed by atoms with van der Waals surface area (Å²) in [5, 5.41) is 0. The molecule has 2 aromatic rings. The highest BCUT2D eigenvalue weighted by atomic mass is 14.2. The Labute approximate surface area is 153 Å². The third-order valence-electron chi connectivity index (χ3n) is 5.43. The van der Waals surface area contributed by atoms with Crippen molar-refractivity contribution in [1.29, 1.82) is 0 Å². The number of hydrogen-bond acceptors (Lipinski definition) is 0. The number of hydrogen-bond donors (Lipinski definition) is 0. The van der Waals surface area contributed by atoms with Gasteiger partial charge in [-0.3, -0.25) is 0 Å². The Morgan fingerprint density at radius 3 is 2.00 bits per heavy atom. The van der Waals surface area contributed by atoms with Crippen LogP contribution in [-0.4, -0.2) is 0 Å². The Morgan fingerprint density at radius 2 is 1.44 bits per heavy atom. The molecule has 0 aliphatic heterocycles. The lowest BCUT2D eigenvalue weighted by Gasteiger charge is -2.26. The van der Waals surface area contributed by atoms with Crippen LogP contribution in [-0.2, 0) is 6.42 Å². The maximum atomic E-state index is 3.77. The number of aryl methyl sites for hydroxylation is 1. The fraction of sp³-hybridized carbons (Fsp3) is 0.360. The van der Waals surface area contributed by atoms with Gasteiger partial charge in [-0.05, 0) is 60.1 Å². The minimum atomic E-state index is 0.939. The van der Waals surface area contributed by atoms with E-state index in [0.29, 0.717) is 0 Å². The van der Waals surface area contributed by atoms with E-state index in [1.807, 2.05) is 30.3 Å². The van der Waals surface area contributed by atoms with Crippen molar-refractivity contribution in [2.45, 2.75) is 45.4 Å². The summed E-state index contributed by atoms with van der Waals surface area (Å²) in [6.07, 6.45) is 10.1. The molecule has 1 aliphatic carbocycles. The first-order chi connectivity index (χ1) is 12.2. The van der Waals surface area contributed by atoms with Gasteiger partial charge in [0.1, 0.15) is 0 Å². The first-order valence-electron chi connectivity index (χ1n) is 9.56. The van der Waals surface area contributed by atoms with Gasteiger partial charge < -0.3 is 0 Å². The smallest absolute Gasteiger partial charge is 0.0249 e. The third kappa shape index (κ3) is 5.36. The summed E-state index contributed by atoms with van der Waals surface area (Å²) in [4.78, 5) is 0. The van der Waals surface area contributed by atoms with Gasteiger partial charge in [0.2, 0.25) is 0 Å². The van der Waals surface area contributed by atoms with E-state index in [1.54, 1.807) is 0 Å². The molecular formula is C25H28. The van der Waals surface area contributed by atoms with Gasteiger partial charge in [0.25, 0.3) is 0 Å². The first kappa shape index (κ1) is 17.6. The lowest BCUT2D eigenvalue weighted by Crippen LogP contribution is -2.12. The topological polar surface area (TPSA) is 0 Å². The SMILES string of the molecule is C=Cc1ccc(C#Cc2ccc(CCC3CCC(C)CC3)cc2)cc1. The Morgan fingerprint density at radius 1 is 0.880 bits per heavy atom. The summed E-state index contributed by atoms with van der Waals surface area (Å²) in [6, 6.07) is 17.0. The van der Waals surface area contributed by atoms with E-state index < -0.39 is 0 Å². The Balaban J connectivity index is 1.53. The summed E-state index contributed by atoms with van der Waals surface area (Å²) in [5.74, 6) is 8.38. The zero-order valence-electron chi connectivity index (χ0n) is 15.3. The van der Waals surface area contributed by atoms with Crippen molar-refractivity contribution in [3.05, 3.63) is 77.4 Å². The van der Waals surface area contributed by atoms with Gasteiger partial charge in [0.15, 0.2) is 0 Å². The van der Waals surface area contributed by atoms with Gasteiger partial charge in [-0.25, -0.2) is 0 Å². The van der Waals surface area contributed by atoms with Crippen LogP contribution in [0.2, 0.25) is 0 Å². The molecule has 0 atom stereocenters. The van der Waals surface area contributed by atoms with E-state index in [2.05, 4.69) is 49.6 Å². The highest BCUT2D eigenvalue weighted by Gasteiger charge is 2.17. The van der Waals surface area contributed by atoms with Crippen LogP contribution >= 0.6 is 0 Å². The standard InChI is InChI=1S/C25H28/c1-3-21-8-10-23(11-9-21)14-15-25-18-16-24(17-19-25)13-12-22-6-4-20(2)5-7-22/h3,8-11,16-20,22H,1,4-7,12-13H2,2H3. The average Bonchev–Trinajstić information content (AvgIpc) is 2.67. The molecule has 128 valence electrons. The molecule has 0 bridgehead atoms. The second kappa shape index (κ2) is 8.72. The second-order valence-corrected chi connectivity index (χ2v) is 7.44. The molecule has 1 aliphatic rings. The quantitative estimate of drug-likeness (QED) is 0.563. The van der Waals surface area contributed by atoms with E-state index >= 15 is 0 Å². The van der Waals surface area contributed by atoms with Crippen LogP contribution in [0.25, 0.3) is 6.08 Å². The minimum Gasteiger partial charge on any atom is -0.0985 e. The minimum absolute atomic E-state index is 0.939. The van der Waals surface area contributed by atoms with Crippen LogP contribution in [0.1, 0.15) is 61.3 Å². The summed E-state index contributed by atoms with van der Waals surface area (Å²) >= 11 is 0. The van der Waals surface area contributed by atoms with Crippen molar-refractivity contribution in [1.82, 2.24) is 0 Å². The molecule has 1 fully saturated rings. The van der Waals surface area contributed by atoms with Crippen LogP contribution in [0.15, 0.2) is 55.1 Å². The fourth-order valence-corrected chi connectivity index (χ4v) is 3.59. The van der Waals surface area contributed by atoms with Crippen molar-refractivity contribution in [3.8, 4) is 11.8 Å². The zero-order valence-corrected chi connectivity index (χ0v) is 15.3. The van der Waals surface area contributed by atoms with E-state index in [4.69, 9.17) is 0 Å². The van der Waals surface area contributed by atoms with Crippen molar-refractivity contribution in [2.75, 3.05) is 0 Å². The van der Waals surface area contributed by atoms with Gasteiger partial charge >= 0.3 is 0 Å². The van der Waals surface area contributed by atoms with Crippen LogP contribution in [0.5, 0.6) is 0 Å². The van der Waals surface area contributed by atoms with Crippen LogP contribution < -0.4 is 0 Å². The predicted octanol–water partition coefficient (Wildman–Crippen LogP) is 6.49. The predicted molar refractivity (Wildman–Crippen MR) is 108 cm³/mol. The van der Waals surface area contributed by atoms with E-state index in [-0.39, 0.29) is 0 Å². The molecule has 2 aromatic carbocycles. The van der Waals surface area contributed by atoms with E-state index in [0.717, 1.165) is 28.5 Å². The van der Waals surface area contributed by atoms with Crippen LogP contribution in [0, 0.1) is 23.7 Å².